The number of rotatable bonds is 6. The SMILES string of the molecule is COCCn1nnnc1[C@H](c1cc2c(C)cc(C)cc2[nH]c1=O)N1CCCc2ccccc21. The Balaban J connectivity index is 1.73. The molecule has 2 aromatic carbocycles. The van der Waals surface area contributed by atoms with Crippen LogP contribution < -0.4 is 10.5 Å². The van der Waals surface area contributed by atoms with Crippen LogP contribution in [0.1, 0.15) is 40.5 Å². The molecule has 1 aliphatic rings. The Morgan fingerprint density at radius 2 is 2.03 bits per heavy atom. The molecule has 0 aliphatic carbocycles. The number of methoxy groups -OCH3 is 1. The molecular weight excluding hydrogens is 416 g/mol. The van der Waals surface area contributed by atoms with Crippen LogP contribution in [0.5, 0.6) is 0 Å². The van der Waals surface area contributed by atoms with Gasteiger partial charge in [-0.15, -0.1) is 5.10 Å². The number of nitrogens with one attached hydrogen (secondary N) is 1. The van der Waals surface area contributed by atoms with Gasteiger partial charge in [0.2, 0.25) is 0 Å². The maximum Gasteiger partial charge on any atom is 0.254 e. The summed E-state index contributed by atoms with van der Waals surface area (Å²) in [6.45, 7) is 5.91. The Hall–Kier alpha value is -3.52. The zero-order chi connectivity index (χ0) is 22.9. The van der Waals surface area contributed by atoms with E-state index in [1.807, 2.05) is 25.1 Å². The molecule has 8 heteroatoms. The van der Waals surface area contributed by atoms with E-state index in [-0.39, 0.29) is 5.56 Å². The second-order valence-electron chi connectivity index (χ2n) is 8.68. The number of hydrogen-bond acceptors (Lipinski definition) is 6. The number of aryl methyl sites for hydroxylation is 3. The van der Waals surface area contributed by atoms with Crippen LogP contribution in [0.4, 0.5) is 5.69 Å². The van der Waals surface area contributed by atoms with Crippen molar-refractivity contribution in [1.29, 1.82) is 0 Å². The summed E-state index contributed by atoms with van der Waals surface area (Å²) in [5.74, 6) is 0.637. The molecule has 0 bridgehead atoms. The van der Waals surface area contributed by atoms with Gasteiger partial charge < -0.3 is 14.6 Å². The molecule has 4 aromatic rings. The predicted octanol–water partition coefficient (Wildman–Crippen LogP) is 3.32. The van der Waals surface area contributed by atoms with E-state index in [4.69, 9.17) is 4.74 Å². The van der Waals surface area contributed by atoms with Crippen molar-refractivity contribution >= 4 is 16.6 Å². The van der Waals surface area contributed by atoms with Gasteiger partial charge in [0.25, 0.3) is 5.56 Å². The number of tetrazole rings is 1. The van der Waals surface area contributed by atoms with Gasteiger partial charge in [-0.3, -0.25) is 4.79 Å². The zero-order valence-electron chi connectivity index (χ0n) is 19.2. The van der Waals surface area contributed by atoms with Crippen LogP contribution in [0, 0.1) is 13.8 Å². The van der Waals surface area contributed by atoms with E-state index in [9.17, 15) is 4.79 Å². The van der Waals surface area contributed by atoms with Crippen LogP contribution in [0.2, 0.25) is 0 Å². The second kappa shape index (κ2) is 8.78. The van der Waals surface area contributed by atoms with Crippen molar-refractivity contribution in [1.82, 2.24) is 25.2 Å². The van der Waals surface area contributed by atoms with E-state index >= 15 is 0 Å². The van der Waals surface area contributed by atoms with E-state index in [2.05, 4.69) is 56.6 Å². The number of ether oxygens (including phenoxy) is 1. The Bertz CT molecular complexity index is 1360. The van der Waals surface area contributed by atoms with E-state index < -0.39 is 6.04 Å². The molecule has 1 atom stereocenters. The molecule has 1 aliphatic heterocycles. The number of para-hydroxylation sites is 1. The average Bonchev–Trinajstić information content (AvgIpc) is 3.26. The van der Waals surface area contributed by atoms with E-state index in [1.54, 1.807) is 11.8 Å². The zero-order valence-corrected chi connectivity index (χ0v) is 19.2. The maximum absolute atomic E-state index is 13.5. The van der Waals surface area contributed by atoms with E-state index in [0.717, 1.165) is 47.1 Å². The number of nitrogens with zero attached hydrogens (tertiary/aromatic N) is 5. The van der Waals surface area contributed by atoms with Gasteiger partial charge in [0.05, 0.1) is 13.2 Å². The number of H-pyrrole nitrogens is 1. The van der Waals surface area contributed by atoms with Crippen LogP contribution in [0.25, 0.3) is 10.9 Å². The molecule has 0 spiro atoms. The normalized spacial score (nSPS) is 14.5. The standard InChI is InChI=1S/C25H28N6O2/c1-16-13-17(2)19-15-20(25(32)26-21(19)14-16)23(24-27-28-29-31(24)11-12-33-3)30-10-6-8-18-7-4-5-9-22(18)30/h4-5,7,9,13-15,23H,6,8,10-12H2,1-3H3,(H,26,32)/t23-/m0/s1. The van der Waals surface area contributed by atoms with Crippen LogP contribution in [-0.4, -0.2) is 45.5 Å². The third-order valence-corrected chi connectivity index (χ3v) is 6.41. The van der Waals surface area contributed by atoms with Gasteiger partial charge >= 0.3 is 0 Å². The molecule has 0 fully saturated rings. The molecule has 170 valence electrons. The van der Waals surface area contributed by atoms with Crippen molar-refractivity contribution < 1.29 is 4.74 Å². The molecular formula is C25H28N6O2. The van der Waals surface area contributed by atoms with Crippen molar-refractivity contribution in [3.05, 3.63) is 80.9 Å². The first-order valence-electron chi connectivity index (χ1n) is 11.3. The van der Waals surface area contributed by atoms with E-state index in [1.165, 1.54) is 5.56 Å². The highest BCUT2D eigenvalue weighted by Crippen LogP contribution is 2.36. The third-order valence-electron chi connectivity index (χ3n) is 6.41. The van der Waals surface area contributed by atoms with Crippen molar-refractivity contribution in [3.63, 3.8) is 0 Å². The highest BCUT2D eigenvalue weighted by atomic mass is 16.5. The summed E-state index contributed by atoms with van der Waals surface area (Å²) in [4.78, 5) is 18.9. The highest BCUT2D eigenvalue weighted by molar-refractivity contribution is 5.83. The highest BCUT2D eigenvalue weighted by Gasteiger charge is 2.33. The summed E-state index contributed by atoms with van der Waals surface area (Å²) < 4.78 is 7.01. The number of aromatic nitrogens is 5. The molecule has 0 amide bonds. The second-order valence-corrected chi connectivity index (χ2v) is 8.68. The Kier molecular flexibility index (Phi) is 5.68. The third kappa shape index (κ3) is 3.91. The fourth-order valence-electron chi connectivity index (χ4n) is 4.91. The molecule has 0 unspecified atom stereocenters. The van der Waals surface area contributed by atoms with Crippen molar-refractivity contribution in [2.24, 2.45) is 0 Å². The molecule has 2 aromatic heterocycles. The number of benzene rings is 2. The monoisotopic (exact) mass is 444 g/mol. The fourth-order valence-corrected chi connectivity index (χ4v) is 4.91. The van der Waals surface area contributed by atoms with Gasteiger partial charge in [0.15, 0.2) is 5.82 Å². The molecule has 1 N–H and O–H groups in total. The van der Waals surface area contributed by atoms with Gasteiger partial charge in [-0.1, -0.05) is 24.3 Å². The quantitative estimate of drug-likeness (QED) is 0.491. The Morgan fingerprint density at radius 3 is 2.88 bits per heavy atom. The van der Waals surface area contributed by atoms with Gasteiger partial charge in [-0.2, -0.15) is 0 Å². The summed E-state index contributed by atoms with van der Waals surface area (Å²) in [7, 11) is 1.65. The summed E-state index contributed by atoms with van der Waals surface area (Å²) in [6, 6.07) is 14.1. The molecule has 8 nitrogen and oxygen atoms in total. The summed E-state index contributed by atoms with van der Waals surface area (Å²) >= 11 is 0. The van der Waals surface area contributed by atoms with Crippen LogP contribution in [0.15, 0.2) is 47.3 Å². The Labute approximate surface area is 192 Å². The fraction of sp³-hybridized carbons (Fsp3) is 0.360. The molecule has 5 rings (SSSR count). The minimum Gasteiger partial charge on any atom is -0.383 e. The van der Waals surface area contributed by atoms with Crippen molar-refractivity contribution in [3.8, 4) is 0 Å². The minimum absolute atomic E-state index is 0.123. The largest absolute Gasteiger partial charge is 0.383 e. The number of aromatic amines is 1. The number of anilines is 1. The molecule has 33 heavy (non-hydrogen) atoms. The summed E-state index contributed by atoms with van der Waals surface area (Å²) in [5.41, 5.74) is 6.00. The number of fused-ring (bicyclic) bond motifs is 2. The number of hydrogen-bond donors (Lipinski definition) is 1. The molecule has 0 radical (unpaired) electrons. The lowest BCUT2D eigenvalue weighted by Crippen LogP contribution is -2.38. The minimum atomic E-state index is -0.424. The van der Waals surface area contributed by atoms with Crippen molar-refractivity contribution in [2.75, 3.05) is 25.2 Å². The lowest BCUT2D eigenvalue weighted by Gasteiger charge is -2.37. The van der Waals surface area contributed by atoms with Crippen LogP contribution in [-0.2, 0) is 17.7 Å². The van der Waals surface area contributed by atoms with Gasteiger partial charge in [-0.05, 0) is 72.0 Å². The van der Waals surface area contributed by atoms with Gasteiger partial charge in [0, 0.05) is 35.8 Å². The van der Waals surface area contributed by atoms with Crippen LogP contribution in [0.3, 0.4) is 0 Å². The first kappa shape index (κ1) is 21.3. The van der Waals surface area contributed by atoms with E-state index in [0.29, 0.717) is 24.5 Å². The van der Waals surface area contributed by atoms with Gasteiger partial charge in [-0.25, -0.2) is 4.68 Å². The Morgan fingerprint density at radius 1 is 1.18 bits per heavy atom. The smallest absolute Gasteiger partial charge is 0.254 e. The molecule has 0 saturated carbocycles. The molecule has 0 saturated heterocycles. The summed E-state index contributed by atoms with van der Waals surface area (Å²) in [6.07, 6.45) is 2.01. The molecule has 3 heterocycles. The lowest BCUT2D eigenvalue weighted by molar-refractivity contribution is 0.181. The average molecular weight is 445 g/mol. The lowest BCUT2D eigenvalue weighted by atomic mass is 9.95. The number of pyridine rings is 1. The van der Waals surface area contributed by atoms with Gasteiger partial charge in [0.1, 0.15) is 6.04 Å². The van der Waals surface area contributed by atoms with Crippen LogP contribution >= 0.6 is 0 Å². The first-order valence-corrected chi connectivity index (χ1v) is 11.3. The first-order chi connectivity index (χ1) is 16.1. The van der Waals surface area contributed by atoms with Crippen molar-refractivity contribution in [2.45, 2.75) is 39.3 Å². The topological polar surface area (TPSA) is 88.9 Å². The predicted molar refractivity (Wildman–Crippen MR) is 128 cm³/mol. The summed E-state index contributed by atoms with van der Waals surface area (Å²) in [5, 5.41) is 13.6. The maximum atomic E-state index is 13.5.